The van der Waals surface area contributed by atoms with Gasteiger partial charge in [0.1, 0.15) is 0 Å². The maximum absolute atomic E-state index is 11.9. The molecule has 0 aromatic heterocycles. The predicted molar refractivity (Wildman–Crippen MR) is 56.1 cm³/mol. The molecule has 82 valence electrons. The van der Waals surface area contributed by atoms with Gasteiger partial charge in [-0.15, -0.1) is 0 Å². The number of nitrogens with two attached hydrogens (primary N) is 1. The fraction of sp³-hybridized carbons (Fsp3) is 0.556. The van der Waals surface area contributed by atoms with Gasteiger partial charge in [-0.05, 0) is 27.8 Å². The summed E-state index contributed by atoms with van der Waals surface area (Å²) in [5.74, 6) is 6.89. The summed E-state index contributed by atoms with van der Waals surface area (Å²) < 4.78 is 0. The molecule has 15 heavy (non-hydrogen) atoms. The fourth-order valence-electron chi connectivity index (χ4n) is 1.95. The minimum Gasteiger partial charge on any atom is -0.371 e. The van der Waals surface area contributed by atoms with Gasteiger partial charge in [0.2, 0.25) is 0 Å². The standard InChI is InChI=1S/C9H14N5O/c1-5-11-7-6(14(10)12-5)9(2,3)8(15)13(7)4/h10H2,1-4H3/q-1. The van der Waals surface area contributed by atoms with Gasteiger partial charge in [-0.1, -0.05) is 0 Å². The lowest BCUT2D eigenvalue weighted by Crippen LogP contribution is -2.37. The summed E-state index contributed by atoms with van der Waals surface area (Å²) >= 11 is 0. The van der Waals surface area contributed by atoms with Gasteiger partial charge in [-0.2, -0.15) is 0 Å². The van der Waals surface area contributed by atoms with E-state index in [-0.39, 0.29) is 5.91 Å². The summed E-state index contributed by atoms with van der Waals surface area (Å²) in [7, 11) is 1.70. The van der Waals surface area contributed by atoms with Crippen LogP contribution in [-0.2, 0) is 4.79 Å². The second kappa shape index (κ2) is 2.73. The molecule has 0 saturated carbocycles. The Hall–Kier alpha value is -1.56. The zero-order valence-electron chi connectivity index (χ0n) is 9.27. The predicted octanol–water partition coefficient (Wildman–Crippen LogP) is 0.550. The number of amidine groups is 1. The molecule has 0 aromatic carbocycles. The summed E-state index contributed by atoms with van der Waals surface area (Å²) in [5.41, 5.74) is -0.00685. The van der Waals surface area contributed by atoms with Crippen LogP contribution >= 0.6 is 0 Å². The summed E-state index contributed by atoms with van der Waals surface area (Å²) in [6, 6.07) is 0. The molecule has 2 rings (SSSR count). The molecule has 2 aliphatic heterocycles. The highest BCUT2D eigenvalue weighted by Crippen LogP contribution is 2.43. The largest absolute Gasteiger partial charge is 0.371 e. The van der Waals surface area contributed by atoms with Gasteiger partial charge in [0.25, 0.3) is 0 Å². The van der Waals surface area contributed by atoms with Gasteiger partial charge in [0, 0.05) is 11.7 Å². The van der Waals surface area contributed by atoms with E-state index in [2.05, 4.69) is 10.4 Å². The smallest absolute Gasteiger partial charge is 0.185 e. The molecule has 0 bridgehead atoms. The molecule has 0 spiro atoms. The first kappa shape index (κ1) is 9.97. The van der Waals surface area contributed by atoms with Crippen LogP contribution in [-0.4, -0.2) is 28.8 Å². The fourth-order valence-corrected chi connectivity index (χ4v) is 1.95. The molecule has 2 N–H and O–H groups in total. The summed E-state index contributed by atoms with van der Waals surface area (Å²) in [4.78, 5) is 13.5. The lowest BCUT2D eigenvalue weighted by molar-refractivity contribution is -0.133. The lowest BCUT2D eigenvalue weighted by atomic mass is 9.90. The van der Waals surface area contributed by atoms with Crippen LogP contribution in [0.15, 0.2) is 16.6 Å². The topological polar surface area (TPSA) is 76.0 Å². The van der Waals surface area contributed by atoms with E-state index < -0.39 is 5.41 Å². The quantitative estimate of drug-likeness (QED) is 0.590. The summed E-state index contributed by atoms with van der Waals surface area (Å²) in [5, 5.41) is 9.50. The number of carbonyl (C=O) groups is 1. The Morgan fingerprint density at radius 1 is 1.47 bits per heavy atom. The van der Waals surface area contributed by atoms with Crippen molar-refractivity contribution < 1.29 is 4.79 Å². The third-order valence-corrected chi connectivity index (χ3v) is 2.71. The molecule has 0 aliphatic carbocycles. The Labute approximate surface area is 88.4 Å². The SMILES string of the molecule is CC1=NN(N)C2=C([N-]1)N(C)C(=O)C2(C)C. The Kier molecular flexibility index (Phi) is 1.81. The van der Waals surface area contributed by atoms with E-state index in [0.29, 0.717) is 17.4 Å². The molecular formula is C9H14N5O-. The second-order valence-electron chi connectivity index (χ2n) is 4.26. The molecule has 0 radical (unpaired) electrons. The number of nitrogens with zero attached hydrogens (tertiary/aromatic N) is 4. The second-order valence-corrected chi connectivity index (χ2v) is 4.26. The van der Waals surface area contributed by atoms with E-state index in [0.717, 1.165) is 0 Å². The number of hydrazine groups is 1. The summed E-state index contributed by atoms with van der Waals surface area (Å²) in [6.45, 7) is 5.38. The number of amides is 1. The molecule has 2 heterocycles. The van der Waals surface area contributed by atoms with Crippen LogP contribution in [0.3, 0.4) is 0 Å². The normalized spacial score (nSPS) is 24.1. The van der Waals surface area contributed by atoms with E-state index >= 15 is 0 Å². The zero-order chi connectivity index (χ0) is 11.4. The van der Waals surface area contributed by atoms with Crippen LogP contribution in [0, 0.1) is 5.41 Å². The van der Waals surface area contributed by atoms with Gasteiger partial charge < -0.3 is 10.2 Å². The van der Waals surface area contributed by atoms with Crippen molar-refractivity contribution in [3.8, 4) is 0 Å². The van der Waals surface area contributed by atoms with Crippen molar-refractivity contribution in [3.05, 3.63) is 16.8 Å². The van der Waals surface area contributed by atoms with Crippen molar-refractivity contribution in [2.75, 3.05) is 7.05 Å². The van der Waals surface area contributed by atoms with Crippen molar-refractivity contribution in [2.45, 2.75) is 20.8 Å². The number of carbonyl (C=O) groups excluding carboxylic acids is 1. The van der Waals surface area contributed by atoms with E-state index in [1.165, 1.54) is 10.0 Å². The van der Waals surface area contributed by atoms with Crippen LogP contribution in [0.25, 0.3) is 5.32 Å². The Balaban J connectivity index is 2.51. The van der Waals surface area contributed by atoms with Crippen LogP contribution < -0.4 is 5.84 Å². The van der Waals surface area contributed by atoms with Crippen molar-refractivity contribution >= 4 is 11.7 Å². The number of hydrogen-bond donors (Lipinski definition) is 1. The number of hydrazone groups is 1. The van der Waals surface area contributed by atoms with Gasteiger partial charge in [0.15, 0.2) is 5.91 Å². The van der Waals surface area contributed by atoms with Gasteiger partial charge >= 0.3 is 0 Å². The third-order valence-electron chi connectivity index (χ3n) is 2.71. The first-order chi connectivity index (χ1) is 6.85. The minimum atomic E-state index is -0.660. The molecular weight excluding hydrogens is 194 g/mol. The maximum Gasteiger partial charge on any atom is 0.185 e. The average Bonchev–Trinajstić information content (AvgIpc) is 2.27. The van der Waals surface area contributed by atoms with E-state index in [9.17, 15) is 4.79 Å². The van der Waals surface area contributed by atoms with Crippen molar-refractivity contribution in [1.29, 1.82) is 0 Å². The zero-order valence-corrected chi connectivity index (χ0v) is 9.27. The number of hydrogen-bond acceptors (Lipinski definition) is 4. The van der Waals surface area contributed by atoms with Crippen LogP contribution in [0.5, 0.6) is 0 Å². The first-order valence-corrected chi connectivity index (χ1v) is 4.70. The molecule has 6 heteroatoms. The molecule has 0 unspecified atom stereocenters. The highest BCUT2D eigenvalue weighted by Gasteiger charge is 2.43. The lowest BCUT2D eigenvalue weighted by Gasteiger charge is -2.34. The monoisotopic (exact) mass is 208 g/mol. The Morgan fingerprint density at radius 3 is 2.67 bits per heavy atom. The average molecular weight is 208 g/mol. The molecule has 2 aliphatic rings. The van der Waals surface area contributed by atoms with Crippen LogP contribution in [0.4, 0.5) is 0 Å². The van der Waals surface area contributed by atoms with Crippen molar-refractivity contribution in [1.82, 2.24) is 10.0 Å². The molecule has 0 aromatic rings. The molecule has 0 saturated heterocycles. The maximum atomic E-state index is 11.9. The minimum absolute atomic E-state index is 0.0170. The van der Waals surface area contributed by atoms with Gasteiger partial charge in [-0.25, -0.2) is 5.84 Å². The Morgan fingerprint density at radius 2 is 2.07 bits per heavy atom. The van der Waals surface area contributed by atoms with E-state index in [1.807, 2.05) is 13.8 Å². The highest BCUT2D eigenvalue weighted by molar-refractivity contribution is 6.00. The molecule has 1 amide bonds. The first-order valence-electron chi connectivity index (χ1n) is 4.70. The number of rotatable bonds is 0. The Bertz CT molecular complexity index is 395. The molecule has 0 fully saturated rings. The molecule has 6 nitrogen and oxygen atoms in total. The van der Waals surface area contributed by atoms with E-state index in [4.69, 9.17) is 5.84 Å². The van der Waals surface area contributed by atoms with Crippen LogP contribution in [0.1, 0.15) is 20.8 Å². The summed E-state index contributed by atoms with van der Waals surface area (Å²) in [6.07, 6.45) is 0. The highest BCUT2D eigenvalue weighted by atomic mass is 16.2. The van der Waals surface area contributed by atoms with Crippen LogP contribution in [0.2, 0.25) is 0 Å². The van der Waals surface area contributed by atoms with E-state index in [1.54, 1.807) is 14.0 Å². The van der Waals surface area contributed by atoms with Gasteiger partial charge in [-0.3, -0.25) is 15.0 Å². The van der Waals surface area contributed by atoms with Crippen molar-refractivity contribution in [3.63, 3.8) is 0 Å². The van der Waals surface area contributed by atoms with Gasteiger partial charge in [0.05, 0.1) is 11.1 Å². The third kappa shape index (κ3) is 1.14. The molecule has 0 atom stereocenters. The van der Waals surface area contributed by atoms with Crippen molar-refractivity contribution in [2.24, 2.45) is 16.4 Å².